The lowest BCUT2D eigenvalue weighted by molar-refractivity contribution is -0.113. The van der Waals surface area contributed by atoms with Gasteiger partial charge in [-0.05, 0) is 87.2 Å². The fraction of sp³-hybridized carbons (Fsp3) is 0.429. The maximum Gasteiger partial charge on any atom is 0.337 e. The molecule has 7 rings (SSSR count). The number of methoxy groups -OCH3 is 1. The Balaban J connectivity index is 1.13. The standard InChI is InChI=1S/C35H35ClF3N3O4/c1-34(26-8-7-23(36)17-27(26)37)20-46-30-5-3-4-25(32(30)35(34,38)39)21-10-13-41(14-11-21)19-31-40-28-9-6-22(33(43)44-2)16-29(28)42(31)18-24-12-15-45-24/h3-9,16-17,21,24H,10-15,18-20H2,1-2H3. The number of nitrogens with zero attached hydrogens (tertiary/aromatic N) is 3. The fourth-order valence-corrected chi connectivity index (χ4v) is 7.25. The number of likely N-dealkylation sites (tertiary alicyclic amines) is 1. The number of carbonyl (C=O) groups excluding carboxylic acids is 1. The van der Waals surface area contributed by atoms with Crippen molar-refractivity contribution in [2.24, 2.45) is 0 Å². The molecule has 2 atom stereocenters. The second kappa shape index (κ2) is 11.9. The molecule has 0 N–H and O–H groups in total. The second-order valence-electron chi connectivity index (χ2n) is 12.7. The van der Waals surface area contributed by atoms with Crippen LogP contribution in [-0.2, 0) is 33.9 Å². The number of ether oxygens (including phenoxy) is 3. The molecular weight excluding hydrogens is 619 g/mol. The number of alkyl halides is 2. The smallest absolute Gasteiger partial charge is 0.337 e. The number of imidazole rings is 1. The van der Waals surface area contributed by atoms with Gasteiger partial charge in [-0.25, -0.2) is 22.9 Å². The third-order valence-corrected chi connectivity index (χ3v) is 10.2. The highest BCUT2D eigenvalue weighted by molar-refractivity contribution is 6.30. The Kier molecular flexibility index (Phi) is 8.02. The Bertz CT molecular complexity index is 1800. The number of benzene rings is 3. The molecule has 4 heterocycles. The zero-order chi connectivity index (χ0) is 32.2. The van der Waals surface area contributed by atoms with Crippen molar-refractivity contribution in [3.63, 3.8) is 0 Å². The van der Waals surface area contributed by atoms with Gasteiger partial charge in [0.2, 0.25) is 0 Å². The molecule has 0 saturated carbocycles. The summed E-state index contributed by atoms with van der Waals surface area (Å²) in [5, 5.41) is 0.149. The molecule has 2 unspecified atom stereocenters. The van der Waals surface area contributed by atoms with Crippen LogP contribution in [0, 0.1) is 5.82 Å². The SMILES string of the molecule is COC(=O)c1ccc2nc(CN3CCC(c4cccc5c4C(F)(F)C(C)(c4ccc(Cl)cc4F)CO5)CC3)n(CC3CCO3)c2c1. The predicted octanol–water partition coefficient (Wildman–Crippen LogP) is 7.23. The highest BCUT2D eigenvalue weighted by Gasteiger charge is 2.59. The molecule has 1 aromatic heterocycles. The van der Waals surface area contributed by atoms with Crippen LogP contribution in [0.15, 0.2) is 54.6 Å². The summed E-state index contributed by atoms with van der Waals surface area (Å²) in [4.78, 5) is 19.4. The second-order valence-corrected chi connectivity index (χ2v) is 13.1. The molecular formula is C35H35ClF3N3O4. The van der Waals surface area contributed by atoms with E-state index in [4.69, 9.17) is 30.8 Å². The van der Waals surface area contributed by atoms with Gasteiger partial charge in [0.1, 0.15) is 24.0 Å². The first-order valence-electron chi connectivity index (χ1n) is 15.6. The molecule has 2 fully saturated rings. The van der Waals surface area contributed by atoms with Crippen molar-refractivity contribution in [3.05, 3.63) is 93.5 Å². The minimum absolute atomic E-state index is 0.0869. The largest absolute Gasteiger partial charge is 0.492 e. The van der Waals surface area contributed by atoms with Crippen molar-refractivity contribution in [2.75, 3.05) is 33.4 Å². The summed E-state index contributed by atoms with van der Waals surface area (Å²) in [6.45, 7) is 4.29. The quantitative estimate of drug-likeness (QED) is 0.196. The third kappa shape index (κ3) is 5.24. The van der Waals surface area contributed by atoms with E-state index in [0.29, 0.717) is 50.1 Å². The molecule has 11 heteroatoms. The van der Waals surface area contributed by atoms with Crippen LogP contribution in [0.4, 0.5) is 13.2 Å². The van der Waals surface area contributed by atoms with E-state index in [1.807, 2.05) is 12.1 Å². The molecule has 2 saturated heterocycles. The molecule has 46 heavy (non-hydrogen) atoms. The van der Waals surface area contributed by atoms with Crippen LogP contribution < -0.4 is 4.74 Å². The van der Waals surface area contributed by atoms with Gasteiger partial charge in [-0.1, -0.05) is 29.8 Å². The number of hydrogen-bond donors (Lipinski definition) is 0. The van der Waals surface area contributed by atoms with E-state index < -0.39 is 23.1 Å². The molecule has 0 bridgehead atoms. The minimum atomic E-state index is -3.39. The summed E-state index contributed by atoms with van der Waals surface area (Å²) >= 11 is 5.94. The van der Waals surface area contributed by atoms with E-state index in [9.17, 15) is 4.79 Å². The molecule has 4 aromatic rings. The molecule has 3 aromatic carbocycles. The van der Waals surface area contributed by atoms with Crippen LogP contribution in [0.1, 0.15) is 65.0 Å². The van der Waals surface area contributed by atoms with Crippen molar-refractivity contribution in [2.45, 2.75) is 62.6 Å². The van der Waals surface area contributed by atoms with Crippen LogP contribution in [0.2, 0.25) is 5.02 Å². The Labute approximate surface area is 270 Å². The number of aromatic nitrogens is 2. The van der Waals surface area contributed by atoms with Crippen LogP contribution in [0.3, 0.4) is 0 Å². The lowest BCUT2D eigenvalue weighted by atomic mass is 9.70. The number of esters is 1. The van der Waals surface area contributed by atoms with Crippen molar-refractivity contribution < 1.29 is 32.2 Å². The van der Waals surface area contributed by atoms with Gasteiger partial charge in [0, 0.05) is 17.2 Å². The average Bonchev–Trinajstić information content (AvgIpc) is 3.36. The summed E-state index contributed by atoms with van der Waals surface area (Å²) in [5.74, 6) is -3.68. The first-order valence-corrected chi connectivity index (χ1v) is 16.0. The number of carbonyl (C=O) groups is 1. The Hall–Kier alpha value is -3.60. The zero-order valence-corrected chi connectivity index (χ0v) is 26.5. The first kappa shape index (κ1) is 31.0. The fourth-order valence-electron chi connectivity index (χ4n) is 7.09. The maximum atomic E-state index is 16.6. The van der Waals surface area contributed by atoms with Gasteiger partial charge >= 0.3 is 5.97 Å². The molecule has 7 nitrogen and oxygen atoms in total. The molecule has 0 spiro atoms. The van der Waals surface area contributed by atoms with Crippen molar-refractivity contribution in [1.82, 2.24) is 14.5 Å². The normalized spacial score (nSPS) is 23.0. The zero-order valence-electron chi connectivity index (χ0n) is 25.7. The first-order chi connectivity index (χ1) is 22.1. The summed E-state index contributed by atoms with van der Waals surface area (Å²) in [5.41, 5.74) is 0.456. The average molecular weight is 654 g/mol. The molecule has 0 radical (unpaired) electrons. The number of rotatable bonds is 7. The van der Waals surface area contributed by atoms with E-state index in [0.717, 1.165) is 36.0 Å². The Morgan fingerprint density at radius 1 is 1.11 bits per heavy atom. The minimum Gasteiger partial charge on any atom is -0.492 e. The summed E-state index contributed by atoms with van der Waals surface area (Å²) in [7, 11) is 1.36. The van der Waals surface area contributed by atoms with E-state index in [1.54, 1.807) is 24.3 Å². The van der Waals surface area contributed by atoms with E-state index in [1.165, 1.54) is 26.2 Å². The highest BCUT2D eigenvalue weighted by atomic mass is 35.5. The van der Waals surface area contributed by atoms with Crippen molar-refractivity contribution in [1.29, 1.82) is 0 Å². The van der Waals surface area contributed by atoms with E-state index in [-0.39, 0.29) is 40.5 Å². The molecule has 0 amide bonds. The van der Waals surface area contributed by atoms with Crippen molar-refractivity contribution in [3.8, 4) is 5.75 Å². The van der Waals surface area contributed by atoms with Gasteiger partial charge in [0.15, 0.2) is 0 Å². The molecule has 3 aliphatic heterocycles. The van der Waals surface area contributed by atoms with Crippen LogP contribution in [0.25, 0.3) is 11.0 Å². The molecule has 242 valence electrons. The Morgan fingerprint density at radius 2 is 1.89 bits per heavy atom. The monoisotopic (exact) mass is 653 g/mol. The summed E-state index contributed by atoms with van der Waals surface area (Å²) < 4.78 is 67.0. The maximum absolute atomic E-state index is 16.6. The summed E-state index contributed by atoms with van der Waals surface area (Å²) in [6.07, 6.45) is 2.37. The van der Waals surface area contributed by atoms with Gasteiger partial charge in [-0.3, -0.25) is 4.90 Å². The van der Waals surface area contributed by atoms with E-state index >= 15 is 13.2 Å². The lowest BCUT2D eigenvalue weighted by Gasteiger charge is -2.44. The van der Waals surface area contributed by atoms with Gasteiger partial charge in [-0.15, -0.1) is 0 Å². The Morgan fingerprint density at radius 3 is 2.59 bits per heavy atom. The summed E-state index contributed by atoms with van der Waals surface area (Å²) in [6, 6.07) is 14.3. The van der Waals surface area contributed by atoms with Gasteiger partial charge in [0.05, 0.1) is 53.9 Å². The molecule has 0 aliphatic carbocycles. The molecule has 3 aliphatic rings. The van der Waals surface area contributed by atoms with Crippen LogP contribution in [-0.4, -0.2) is 59.9 Å². The number of halogens is 4. The third-order valence-electron chi connectivity index (χ3n) is 9.93. The number of hydrogen-bond acceptors (Lipinski definition) is 6. The van der Waals surface area contributed by atoms with Crippen molar-refractivity contribution >= 4 is 28.6 Å². The van der Waals surface area contributed by atoms with Crippen LogP contribution >= 0.6 is 11.6 Å². The lowest BCUT2D eigenvalue weighted by Crippen LogP contribution is -2.50. The topological polar surface area (TPSA) is 65.8 Å². The van der Waals surface area contributed by atoms with E-state index in [2.05, 4.69) is 9.47 Å². The van der Waals surface area contributed by atoms with Gasteiger partial charge < -0.3 is 18.8 Å². The highest BCUT2D eigenvalue weighted by Crippen LogP contribution is 2.56. The van der Waals surface area contributed by atoms with Gasteiger partial charge in [-0.2, -0.15) is 0 Å². The number of piperidine rings is 1. The predicted molar refractivity (Wildman–Crippen MR) is 167 cm³/mol. The van der Waals surface area contributed by atoms with Gasteiger partial charge in [0.25, 0.3) is 5.92 Å². The number of fused-ring (bicyclic) bond motifs is 2. The van der Waals surface area contributed by atoms with Crippen LogP contribution in [0.5, 0.6) is 5.75 Å².